The molecule has 1 atom stereocenters. The van der Waals surface area contributed by atoms with Crippen molar-refractivity contribution in [3.8, 4) is 10.7 Å². The predicted molar refractivity (Wildman–Crippen MR) is 65.4 cm³/mol. The van der Waals surface area contributed by atoms with Crippen LogP contribution in [0.15, 0.2) is 36.3 Å². The Morgan fingerprint density at radius 1 is 1.44 bits per heavy atom. The average Bonchev–Trinajstić information content (AvgIpc) is 3.01. The van der Waals surface area contributed by atoms with Crippen molar-refractivity contribution in [1.82, 2.24) is 14.5 Å². The first-order valence-electron chi connectivity index (χ1n) is 5.53. The summed E-state index contributed by atoms with van der Waals surface area (Å²) in [5.74, 6) is 1.04. The minimum absolute atomic E-state index is 0.466. The van der Waals surface area contributed by atoms with Crippen molar-refractivity contribution >= 4 is 11.3 Å². The predicted octanol–water partition coefficient (Wildman–Crippen LogP) is 3.29. The number of rotatable bonds is 2. The second-order valence-electron chi connectivity index (χ2n) is 3.95. The molecule has 0 fully saturated rings. The molecule has 0 aromatic carbocycles. The first-order chi connectivity index (χ1) is 7.95. The van der Waals surface area contributed by atoms with Crippen LogP contribution >= 0.6 is 11.3 Å². The van der Waals surface area contributed by atoms with Gasteiger partial charge in [0, 0.05) is 18.6 Å². The van der Waals surface area contributed by atoms with Gasteiger partial charge in [-0.15, -0.1) is 11.3 Å². The molecule has 2 heterocycles. The summed E-state index contributed by atoms with van der Waals surface area (Å²) in [6, 6.07) is 0.466. The van der Waals surface area contributed by atoms with Gasteiger partial charge in [-0.3, -0.25) is 4.98 Å². The Morgan fingerprint density at radius 2 is 2.44 bits per heavy atom. The lowest BCUT2D eigenvalue weighted by Gasteiger charge is -2.19. The Hall–Kier alpha value is -1.42. The van der Waals surface area contributed by atoms with E-state index in [0.29, 0.717) is 6.04 Å². The summed E-state index contributed by atoms with van der Waals surface area (Å²) in [5.41, 5.74) is 1.85. The van der Waals surface area contributed by atoms with Gasteiger partial charge in [-0.2, -0.15) is 0 Å². The van der Waals surface area contributed by atoms with Gasteiger partial charge in [0.2, 0.25) is 0 Å². The minimum Gasteiger partial charge on any atom is -0.323 e. The molecule has 3 nitrogen and oxygen atoms in total. The molecule has 4 heteroatoms. The molecule has 1 aliphatic carbocycles. The third-order valence-electron chi connectivity index (χ3n) is 2.91. The fourth-order valence-corrected chi connectivity index (χ4v) is 2.74. The maximum atomic E-state index is 4.43. The SMILES string of the molecule is C1=CC(n2ccnc2-c2cncs2)CCC1. The zero-order valence-electron chi connectivity index (χ0n) is 8.91. The number of aromatic nitrogens is 3. The van der Waals surface area contributed by atoms with Gasteiger partial charge in [0.05, 0.1) is 16.4 Å². The number of hydrogen-bond acceptors (Lipinski definition) is 3. The van der Waals surface area contributed by atoms with Gasteiger partial charge < -0.3 is 4.57 Å². The summed E-state index contributed by atoms with van der Waals surface area (Å²) in [6.07, 6.45) is 14.1. The molecule has 0 spiro atoms. The highest BCUT2D eigenvalue weighted by atomic mass is 32.1. The molecule has 3 rings (SSSR count). The van der Waals surface area contributed by atoms with Crippen molar-refractivity contribution in [1.29, 1.82) is 0 Å². The molecule has 1 aliphatic rings. The topological polar surface area (TPSA) is 30.7 Å². The summed E-state index contributed by atoms with van der Waals surface area (Å²) in [7, 11) is 0. The van der Waals surface area contributed by atoms with Crippen LogP contribution in [0.3, 0.4) is 0 Å². The Balaban J connectivity index is 1.99. The van der Waals surface area contributed by atoms with Crippen LogP contribution in [0.2, 0.25) is 0 Å². The molecule has 0 radical (unpaired) electrons. The van der Waals surface area contributed by atoms with E-state index in [1.54, 1.807) is 11.3 Å². The van der Waals surface area contributed by atoms with Gasteiger partial charge in [0.25, 0.3) is 0 Å². The fourth-order valence-electron chi connectivity index (χ4n) is 2.12. The van der Waals surface area contributed by atoms with Gasteiger partial charge in [-0.05, 0) is 19.3 Å². The molecule has 0 saturated carbocycles. The van der Waals surface area contributed by atoms with E-state index >= 15 is 0 Å². The first-order valence-corrected chi connectivity index (χ1v) is 6.41. The lowest BCUT2D eigenvalue weighted by molar-refractivity contribution is 0.522. The summed E-state index contributed by atoms with van der Waals surface area (Å²) < 4.78 is 2.25. The first kappa shape index (κ1) is 9.78. The Morgan fingerprint density at radius 3 is 3.19 bits per heavy atom. The van der Waals surface area contributed by atoms with Crippen LogP contribution in [0.1, 0.15) is 25.3 Å². The van der Waals surface area contributed by atoms with E-state index < -0.39 is 0 Å². The van der Waals surface area contributed by atoms with E-state index in [2.05, 4.69) is 32.9 Å². The number of nitrogens with zero attached hydrogens (tertiary/aromatic N) is 3. The summed E-state index contributed by atoms with van der Waals surface area (Å²) in [4.78, 5) is 9.69. The Labute approximate surface area is 98.5 Å². The quantitative estimate of drug-likeness (QED) is 0.742. The van der Waals surface area contributed by atoms with E-state index in [0.717, 1.165) is 10.7 Å². The van der Waals surface area contributed by atoms with Crippen molar-refractivity contribution in [3.63, 3.8) is 0 Å². The van der Waals surface area contributed by atoms with E-state index in [1.807, 2.05) is 17.9 Å². The average molecular weight is 231 g/mol. The standard InChI is InChI=1S/C12H13N3S/c1-2-4-10(5-3-1)15-7-6-14-12(15)11-8-13-9-16-11/h2,4,6-10H,1,3,5H2. The normalized spacial score (nSPS) is 20.1. The van der Waals surface area contributed by atoms with Crippen molar-refractivity contribution in [2.24, 2.45) is 0 Å². The second kappa shape index (κ2) is 4.22. The monoisotopic (exact) mass is 231 g/mol. The van der Waals surface area contributed by atoms with Crippen LogP contribution in [0.5, 0.6) is 0 Å². The van der Waals surface area contributed by atoms with E-state index in [4.69, 9.17) is 0 Å². The molecule has 2 aromatic heterocycles. The molecule has 1 unspecified atom stereocenters. The van der Waals surface area contributed by atoms with Crippen molar-refractivity contribution in [2.45, 2.75) is 25.3 Å². The lowest BCUT2D eigenvalue weighted by Crippen LogP contribution is -2.09. The van der Waals surface area contributed by atoms with Gasteiger partial charge in [0.1, 0.15) is 0 Å². The van der Waals surface area contributed by atoms with E-state index in [-0.39, 0.29) is 0 Å². The third kappa shape index (κ3) is 1.69. The van der Waals surface area contributed by atoms with Crippen LogP contribution in [0.25, 0.3) is 10.7 Å². The highest BCUT2D eigenvalue weighted by Gasteiger charge is 2.15. The van der Waals surface area contributed by atoms with Gasteiger partial charge >= 0.3 is 0 Å². The van der Waals surface area contributed by atoms with Gasteiger partial charge in [-0.25, -0.2) is 4.98 Å². The van der Waals surface area contributed by atoms with Crippen LogP contribution in [0.4, 0.5) is 0 Å². The van der Waals surface area contributed by atoms with Crippen molar-refractivity contribution in [2.75, 3.05) is 0 Å². The molecule has 0 aliphatic heterocycles. The summed E-state index contributed by atoms with van der Waals surface area (Å²) >= 11 is 1.64. The molecule has 0 bridgehead atoms. The van der Waals surface area contributed by atoms with Crippen molar-refractivity contribution < 1.29 is 0 Å². The zero-order chi connectivity index (χ0) is 10.8. The maximum absolute atomic E-state index is 4.43. The molecule has 0 N–H and O–H groups in total. The maximum Gasteiger partial charge on any atom is 0.152 e. The van der Waals surface area contributed by atoms with Gasteiger partial charge in [-0.1, -0.05) is 12.2 Å². The van der Waals surface area contributed by atoms with Crippen LogP contribution in [-0.2, 0) is 0 Å². The summed E-state index contributed by atoms with van der Waals surface area (Å²) in [6.45, 7) is 0. The zero-order valence-corrected chi connectivity index (χ0v) is 9.73. The molecule has 82 valence electrons. The Kier molecular flexibility index (Phi) is 2.58. The summed E-state index contributed by atoms with van der Waals surface area (Å²) in [5, 5.41) is 0. The Bertz CT molecular complexity index is 484. The van der Waals surface area contributed by atoms with Crippen LogP contribution < -0.4 is 0 Å². The number of imidazole rings is 1. The minimum atomic E-state index is 0.466. The molecule has 2 aromatic rings. The highest BCUT2D eigenvalue weighted by Crippen LogP contribution is 2.29. The van der Waals surface area contributed by atoms with Gasteiger partial charge in [0.15, 0.2) is 5.82 Å². The number of hydrogen-bond donors (Lipinski definition) is 0. The van der Waals surface area contributed by atoms with Crippen LogP contribution in [-0.4, -0.2) is 14.5 Å². The smallest absolute Gasteiger partial charge is 0.152 e. The molecule has 0 amide bonds. The van der Waals surface area contributed by atoms with Crippen molar-refractivity contribution in [3.05, 3.63) is 36.3 Å². The largest absolute Gasteiger partial charge is 0.323 e. The van der Waals surface area contributed by atoms with Crippen LogP contribution in [0, 0.1) is 0 Å². The van der Waals surface area contributed by atoms with E-state index in [9.17, 15) is 0 Å². The number of allylic oxidation sites excluding steroid dienone is 2. The van der Waals surface area contributed by atoms with E-state index in [1.165, 1.54) is 19.3 Å². The third-order valence-corrected chi connectivity index (χ3v) is 3.68. The number of thiazole rings is 1. The molecule has 0 saturated heterocycles. The molecular weight excluding hydrogens is 218 g/mol. The molecule has 16 heavy (non-hydrogen) atoms. The fraction of sp³-hybridized carbons (Fsp3) is 0.333. The lowest BCUT2D eigenvalue weighted by atomic mass is 10.0. The molecular formula is C12H13N3S. The highest BCUT2D eigenvalue weighted by molar-refractivity contribution is 7.13. The second-order valence-corrected chi connectivity index (χ2v) is 4.84.